The number of rotatable bonds is 24. The fraction of sp³-hybridized carbons (Fsp3) is 0.931. The molecule has 0 amide bonds. The van der Waals surface area contributed by atoms with Gasteiger partial charge < -0.3 is 9.47 Å². The van der Waals surface area contributed by atoms with Crippen molar-refractivity contribution < 1.29 is 19.1 Å². The van der Waals surface area contributed by atoms with Gasteiger partial charge in [-0.3, -0.25) is 9.59 Å². The Labute approximate surface area is 206 Å². The van der Waals surface area contributed by atoms with E-state index >= 15 is 0 Å². The predicted molar refractivity (Wildman–Crippen MR) is 139 cm³/mol. The van der Waals surface area contributed by atoms with Crippen molar-refractivity contribution in [2.45, 2.75) is 162 Å². The smallest absolute Gasteiger partial charge is 0.306 e. The minimum atomic E-state index is -0.122. The van der Waals surface area contributed by atoms with Crippen molar-refractivity contribution in [1.29, 1.82) is 0 Å². The normalized spacial score (nSPS) is 13.0. The zero-order valence-corrected chi connectivity index (χ0v) is 22.6. The quantitative estimate of drug-likeness (QED) is 0.105. The molecule has 33 heavy (non-hydrogen) atoms. The molecule has 196 valence electrons. The number of hydrogen-bond donors (Lipinski definition) is 0. The van der Waals surface area contributed by atoms with Crippen molar-refractivity contribution in [3.05, 3.63) is 0 Å². The molecule has 4 nitrogen and oxygen atoms in total. The van der Waals surface area contributed by atoms with Crippen molar-refractivity contribution in [1.82, 2.24) is 0 Å². The Balaban J connectivity index is 3.33. The van der Waals surface area contributed by atoms with Crippen LogP contribution in [0.4, 0.5) is 0 Å². The first-order chi connectivity index (χ1) is 16.0. The first kappa shape index (κ1) is 31.9. The van der Waals surface area contributed by atoms with E-state index in [0.29, 0.717) is 25.4 Å². The van der Waals surface area contributed by atoms with Crippen LogP contribution < -0.4 is 0 Å². The van der Waals surface area contributed by atoms with Crippen molar-refractivity contribution in [3.63, 3.8) is 0 Å². The summed E-state index contributed by atoms with van der Waals surface area (Å²) in [6, 6.07) is 0. The summed E-state index contributed by atoms with van der Waals surface area (Å²) in [5, 5.41) is 0. The molecule has 2 atom stereocenters. The molecule has 0 aliphatic carbocycles. The summed E-state index contributed by atoms with van der Waals surface area (Å²) >= 11 is 0. The van der Waals surface area contributed by atoms with Crippen LogP contribution in [0.25, 0.3) is 0 Å². The van der Waals surface area contributed by atoms with Crippen molar-refractivity contribution in [2.75, 3.05) is 6.61 Å². The Morgan fingerprint density at radius 1 is 0.576 bits per heavy atom. The molecular weight excluding hydrogens is 412 g/mol. The van der Waals surface area contributed by atoms with E-state index in [1.165, 1.54) is 77.0 Å². The lowest BCUT2D eigenvalue weighted by Gasteiger charge is -2.18. The molecule has 0 heterocycles. The molecule has 0 aromatic heterocycles. The average molecular weight is 469 g/mol. The van der Waals surface area contributed by atoms with Gasteiger partial charge in [-0.15, -0.1) is 0 Å². The molecule has 0 aromatic rings. The monoisotopic (exact) mass is 468 g/mol. The summed E-state index contributed by atoms with van der Waals surface area (Å²) in [6.45, 7) is 8.99. The lowest BCUT2D eigenvalue weighted by Crippen LogP contribution is -2.21. The van der Waals surface area contributed by atoms with E-state index in [1.807, 2.05) is 6.92 Å². The van der Waals surface area contributed by atoms with Gasteiger partial charge in [0.2, 0.25) is 0 Å². The third-order valence-electron chi connectivity index (χ3n) is 6.79. The van der Waals surface area contributed by atoms with Crippen LogP contribution in [0.2, 0.25) is 0 Å². The van der Waals surface area contributed by atoms with Crippen LogP contribution in [0.15, 0.2) is 0 Å². The minimum absolute atomic E-state index is 0.0209. The van der Waals surface area contributed by atoms with Gasteiger partial charge in [-0.25, -0.2) is 0 Å². The molecule has 0 radical (unpaired) electrons. The van der Waals surface area contributed by atoms with Gasteiger partial charge in [0.25, 0.3) is 0 Å². The summed E-state index contributed by atoms with van der Waals surface area (Å²) in [5.41, 5.74) is 0. The highest BCUT2D eigenvalue weighted by atomic mass is 16.5. The van der Waals surface area contributed by atoms with Gasteiger partial charge in [-0.05, 0) is 32.1 Å². The lowest BCUT2D eigenvalue weighted by atomic mass is 10.0. The molecule has 0 rings (SSSR count). The SMILES string of the molecule is CCCCCCCCCCCCCCCCOC(=O)CCCCCC(=O)OC(C)C(C)CC. The standard InChI is InChI=1S/C29H56O4/c1-5-7-8-9-10-11-12-13-14-15-16-17-18-22-25-32-28(30)23-20-19-21-24-29(31)33-27(4)26(3)6-2/h26-27H,5-25H2,1-4H3. The maximum Gasteiger partial charge on any atom is 0.306 e. The fourth-order valence-electron chi connectivity index (χ4n) is 3.98. The number of hydrogen-bond acceptors (Lipinski definition) is 4. The predicted octanol–water partition coefficient (Wildman–Crippen LogP) is 8.94. The number of unbranched alkanes of at least 4 members (excludes halogenated alkanes) is 15. The lowest BCUT2D eigenvalue weighted by molar-refractivity contribution is -0.150. The van der Waals surface area contributed by atoms with E-state index in [-0.39, 0.29) is 18.0 Å². The second-order valence-corrected chi connectivity index (χ2v) is 9.96. The Morgan fingerprint density at radius 2 is 1.00 bits per heavy atom. The van der Waals surface area contributed by atoms with Crippen molar-refractivity contribution >= 4 is 11.9 Å². The Morgan fingerprint density at radius 3 is 1.48 bits per heavy atom. The Kier molecular flexibility index (Phi) is 23.3. The second kappa shape index (κ2) is 24.1. The van der Waals surface area contributed by atoms with Gasteiger partial charge in [-0.1, -0.05) is 117 Å². The third-order valence-corrected chi connectivity index (χ3v) is 6.79. The van der Waals surface area contributed by atoms with E-state index in [4.69, 9.17) is 9.47 Å². The molecule has 0 saturated carbocycles. The molecule has 0 saturated heterocycles. The van der Waals surface area contributed by atoms with Crippen LogP contribution in [0.1, 0.15) is 156 Å². The largest absolute Gasteiger partial charge is 0.466 e. The van der Waals surface area contributed by atoms with Crippen molar-refractivity contribution in [3.8, 4) is 0 Å². The van der Waals surface area contributed by atoms with E-state index in [1.54, 1.807) is 0 Å². The Bertz CT molecular complexity index is 449. The van der Waals surface area contributed by atoms with Gasteiger partial charge in [0, 0.05) is 12.8 Å². The summed E-state index contributed by atoms with van der Waals surface area (Å²) in [5.74, 6) is 0.171. The van der Waals surface area contributed by atoms with Crippen LogP contribution in [0, 0.1) is 5.92 Å². The maximum atomic E-state index is 11.8. The van der Waals surface area contributed by atoms with Crippen molar-refractivity contribution in [2.24, 2.45) is 5.92 Å². The van der Waals surface area contributed by atoms with Crippen LogP contribution in [-0.4, -0.2) is 24.6 Å². The van der Waals surface area contributed by atoms with Crippen LogP contribution in [0.3, 0.4) is 0 Å². The molecule has 0 aliphatic rings. The summed E-state index contributed by atoms with van der Waals surface area (Å²) < 4.78 is 10.8. The van der Waals surface area contributed by atoms with Gasteiger partial charge in [0.05, 0.1) is 6.61 Å². The summed E-state index contributed by atoms with van der Waals surface area (Å²) in [7, 11) is 0. The second-order valence-electron chi connectivity index (χ2n) is 9.96. The topological polar surface area (TPSA) is 52.6 Å². The van der Waals surface area contributed by atoms with Crippen LogP contribution >= 0.6 is 0 Å². The molecular formula is C29H56O4. The van der Waals surface area contributed by atoms with E-state index in [9.17, 15) is 9.59 Å². The average Bonchev–Trinajstić information content (AvgIpc) is 2.80. The van der Waals surface area contributed by atoms with Gasteiger partial charge >= 0.3 is 11.9 Å². The zero-order chi connectivity index (χ0) is 24.6. The van der Waals surface area contributed by atoms with Gasteiger partial charge in [-0.2, -0.15) is 0 Å². The molecule has 0 N–H and O–H groups in total. The van der Waals surface area contributed by atoms with Gasteiger partial charge in [0.15, 0.2) is 0 Å². The number of carbonyl (C=O) groups excluding carboxylic acids is 2. The molecule has 2 unspecified atom stereocenters. The van der Waals surface area contributed by atoms with E-state index in [0.717, 1.165) is 38.5 Å². The highest BCUT2D eigenvalue weighted by Gasteiger charge is 2.14. The van der Waals surface area contributed by atoms with Gasteiger partial charge in [0.1, 0.15) is 6.10 Å². The summed E-state index contributed by atoms with van der Waals surface area (Å²) in [4.78, 5) is 23.6. The van der Waals surface area contributed by atoms with Crippen LogP contribution in [-0.2, 0) is 19.1 Å². The maximum absolute atomic E-state index is 11.8. The number of ether oxygens (including phenoxy) is 2. The Hall–Kier alpha value is -1.06. The molecule has 0 bridgehead atoms. The van der Waals surface area contributed by atoms with E-state index < -0.39 is 0 Å². The first-order valence-electron chi connectivity index (χ1n) is 14.4. The first-order valence-corrected chi connectivity index (χ1v) is 14.4. The highest BCUT2D eigenvalue weighted by Crippen LogP contribution is 2.14. The number of esters is 2. The highest BCUT2D eigenvalue weighted by molar-refractivity contribution is 5.70. The molecule has 0 fully saturated rings. The summed E-state index contributed by atoms with van der Waals surface area (Å²) in [6.07, 6.45) is 22.9. The molecule has 0 aromatic carbocycles. The molecule has 0 aliphatic heterocycles. The van der Waals surface area contributed by atoms with E-state index in [2.05, 4.69) is 20.8 Å². The minimum Gasteiger partial charge on any atom is -0.466 e. The third kappa shape index (κ3) is 22.5. The fourth-order valence-corrected chi connectivity index (χ4v) is 3.98. The molecule has 0 spiro atoms. The van der Waals surface area contributed by atoms with Crippen LogP contribution in [0.5, 0.6) is 0 Å². The number of carbonyl (C=O) groups is 2. The molecule has 4 heteroatoms. The zero-order valence-electron chi connectivity index (χ0n) is 22.6.